The molecule has 1 saturated carbocycles. The van der Waals surface area contributed by atoms with Crippen LogP contribution >= 0.6 is 0 Å². The number of ether oxygens (including phenoxy) is 1. The number of hydrogen-bond donors (Lipinski definition) is 1. The van der Waals surface area contributed by atoms with E-state index in [4.69, 9.17) is 9.72 Å². The zero-order chi connectivity index (χ0) is 25.9. The van der Waals surface area contributed by atoms with Crippen LogP contribution in [0.3, 0.4) is 0 Å². The largest absolute Gasteiger partial charge is 0.383 e. The molecule has 0 bridgehead atoms. The van der Waals surface area contributed by atoms with Gasteiger partial charge >= 0.3 is 0 Å². The summed E-state index contributed by atoms with van der Waals surface area (Å²) in [5.74, 6) is 2.23. The van der Waals surface area contributed by atoms with Crippen molar-refractivity contribution in [3.05, 3.63) is 48.5 Å². The van der Waals surface area contributed by atoms with Gasteiger partial charge in [-0.1, -0.05) is 6.92 Å². The zero-order valence-corrected chi connectivity index (χ0v) is 22.5. The first-order chi connectivity index (χ1) is 17.1. The van der Waals surface area contributed by atoms with Gasteiger partial charge in [-0.05, 0) is 69.9 Å². The Morgan fingerprint density at radius 2 is 1.86 bits per heavy atom. The number of methoxy groups -OCH3 is 1. The number of imidazole rings is 1. The molecule has 1 N–H and O–H groups in total. The molecule has 1 aliphatic rings. The normalized spacial score (nSPS) is 14.4. The molecule has 0 aliphatic heterocycles. The van der Waals surface area contributed by atoms with Gasteiger partial charge in [-0.25, -0.2) is 23.4 Å². The summed E-state index contributed by atoms with van der Waals surface area (Å²) in [5, 5.41) is 3.20. The SMILES string of the molecule is CCc1ncc(-c2ccnc(Nc3ccc(S(=O)(=O)N(CCOC)C(C)(C)C)cc3)n2)n1CC1CC1. The van der Waals surface area contributed by atoms with E-state index in [-0.39, 0.29) is 11.4 Å². The lowest BCUT2D eigenvalue weighted by Crippen LogP contribution is -2.47. The van der Waals surface area contributed by atoms with E-state index in [1.165, 1.54) is 17.1 Å². The van der Waals surface area contributed by atoms with Crippen molar-refractivity contribution < 1.29 is 13.2 Å². The molecular weight excluding hydrogens is 476 g/mol. The van der Waals surface area contributed by atoms with Crippen LogP contribution in [0.15, 0.2) is 47.6 Å². The van der Waals surface area contributed by atoms with Gasteiger partial charge < -0.3 is 14.6 Å². The first-order valence-electron chi connectivity index (χ1n) is 12.4. The van der Waals surface area contributed by atoms with Crippen molar-refractivity contribution in [3.63, 3.8) is 0 Å². The summed E-state index contributed by atoms with van der Waals surface area (Å²) in [7, 11) is -2.12. The second kappa shape index (κ2) is 10.7. The Morgan fingerprint density at radius 3 is 2.47 bits per heavy atom. The van der Waals surface area contributed by atoms with Crippen molar-refractivity contribution >= 4 is 21.7 Å². The van der Waals surface area contributed by atoms with Gasteiger partial charge in [0.25, 0.3) is 0 Å². The van der Waals surface area contributed by atoms with E-state index in [0.717, 1.165) is 36.1 Å². The summed E-state index contributed by atoms with van der Waals surface area (Å²) in [6.45, 7) is 9.31. The molecule has 2 aromatic heterocycles. The van der Waals surface area contributed by atoms with Gasteiger partial charge in [0.15, 0.2) is 0 Å². The van der Waals surface area contributed by atoms with Crippen molar-refractivity contribution in [3.8, 4) is 11.4 Å². The molecule has 9 nitrogen and oxygen atoms in total. The molecule has 0 atom stereocenters. The van der Waals surface area contributed by atoms with Crippen LogP contribution in [-0.4, -0.2) is 58.0 Å². The smallest absolute Gasteiger partial charge is 0.243 e. The molecule has 1 fully saturated rings. The van der Waals surface area contributed by atoms with Gasteiger partial charge in [0.05, 0.1) is 29.1 Å². The fourth-order valence-electron chi connectivity index (χ4n) is 4.18. The predicted octanol–water partition coefficient (Wildman–Crippen LogP) is 4.49. The molecule has 1 aromatic carbocycles. The van der Waals surface area contributed by atoms with Crippen LogP contribution in [0.5, 0.6) is 0 Å². The first kappa shape index (κ1) is 26.2. The molecule has 0 amide bonds. The molecule has 36 heavy (non-hydrogen) atoms. The van der Waals surface area contributed by atoms with E-state index >= 15 is 0 Å². The molecule has 10 heteroatoms. The standard InChI is InChI=1S/C26H36N6O3S/c1-6-24-28-17-23(31(24)18-19-7-8-19)22-13-14-27-25(30-22)29-20-9-11-21(12-10-20)36(33,34)32(15-16-35-5)26(2,3)4/h9-14,17,19H,6-8,15-16,18H2,1-5H3,(H,27,29,30). The quantitative estimate of drug-likeness (QED) is 0.404. The Balaban J connectivity index is 1.53. The van der Waals surface area contributed by atoms with Gasteiger partial charge in [-0.15, -0.1) is 0 Å². The number of sulfonamides is 1. The fraction of sp³-hybridized carbons (Fsp3) is 0.500. The van der Waals surface area contributed by atoms with E-state index < -0.39 is 15.6 Å². The van der Waals surface area contributed by atoms with Crippen molar-refractivity contribution in [1.29, 1.82) is 0 Å². The molecule has 0 spiro atoms. The number of aryl methyl sites for hydroxylation is 1. The number of benzene rings is 1. The topological polar surface area (TPSA) is 102 Å². The lowest BCUT2D eigenvalue weighted by molar-refractivity contribution is 0.148. The third-order valence-corrected chi connectivity index (χ3v) is 8.43. The highest BCUT2D eigenvalue weighted by molar-refractivity contribution is 7.89. The Kier molecular flexibility index (Phi) is 7.77. The summed E-state index contributed by atoms with van der Waals surface area (Å²) in [6, 6.07) is 8.55. The molecule has 3 aromatic rings. The monoisotopic (exact) mass is 512 g/mol. The second-order valence-corrected chi connectivity index (χ2v) is 12.0. The Labute approximate surface area is 214 Å². The highest BCUT2D eigenvalue weighted by atomic mass is 32.2. The summed E-state index contributed by atoms with van der Waals surface area (Å²) in [4.78, 5) is 13.9. The third kappa shape index (κ3) is 5.93. The van der Waals surface area contributed by atoms with Crippen LogP contribution in [0, 0.1) is 5.92 Å². The van der Waals surface area contributed by atoms with Crippen LogP contribution in [0.2, 0.25) is 0 Å². The third-order valence-electron chi connectivity index (χ3n) is 6.26. The van der Waals surface area contributed by atoms with E-state index in [1.807, 2.05) is 33.0 Å². The van der Waals surface area contributed by atoms with E-state index in [2.05, 4.69) is 26.8 Å². The highest BCUT2D eigenvalue weighted by Gasteiger charge is 2.33. The van der Waals surface area contributed by atoms with Crippen molar-refractivity contribution in [2.24, 2.45) is 5.92 Å². The molecule has 1 aliphatic carbocycles. The Morgan fingerprint density at radius 1 is 1.14 bits per heavy atom. The zero-order valence-electron chi connectivity index (χ0n) is 21.7. The average Bonchev–Trinajstić information content (AvgIpc) is 3.56. The van der Waals surface area contributed by atoms with Crippen molar-refractivity contribution in [2.75, 3.05) is 25.6 Å². The van der Waals surface area contributed by atoms with Gasteiger partial charge in [0, 0.05) is 44.0 Å². The Hall–Kier alpha value is -2.82. The number of rotatable bonds is 11. The van der Waals surface area contributed by atoms with Crippen molar-refractivity contribution in [1.82, 2.24) is 23.8 Å². The summed E-state index contributed by atoms with van der Waals surface area (Å²) in [6.07, 6.45) is 7.01. The second-order valence-electron chi connectivity index (χ2n) is 10.1. The Bertz CT molecular complexity index is 1280. The molecule has 4 rings (SSSR count). The fourth-order valence-corrected chi connectivity index (χ4v) is 5.95. The maximum absolute atomic E-state index is 13.3. The minimum atomic E-state index is -3.69. The number of aromatic nitrogens is 4. The van der Waals surface area contributed by atoms with Gasteiger partial charge in [0.2, 0.25) is 16.0 Å². The van der Waals surface area contributed by atoms with Crippen LogP contribution in [-0.2, 0) is 27.7 Å². The lowest BCUT2D eigenvalue weighted by atomic mass is 10.1. The highest BCUT2D eigenvalue weighted by Crippen LogP contribution is 2.33. The number of nitrogens with zero attached hydrogens (tertiary/aromatic N) is 5. The maximum Gasteiger partial charge on any atom is 0.243 e. The predicted molar refractivity (Wildman–Crippen MR) is 141 cm³/mol. The van der Waals surface area contributed by atoms with Gasteiger partial charge in [-0.3, -0.25) is 0 Å². The molecule has 0 radical (unpaired) electrons. The van der Waals surface area contributed by atoms with Crippen molar-refractivity contribution in [2.45, 2.75) is 63.9 Å². The molecule has 2 heterocycles. The van der Waals surface area contributed by atoms with Crippen LogP contribution in [0.1, 0.15) is 46.4 Å². The van der Waals surface area contributed by atoms with Crippen LogP contribution in [0.25, 0.3) is 11.4 Å². The number of hydrogen-bond acceptors (Lipinski definition) is 7. The number of nitrogens with one attached hydrogen (secondary N) is 1. The van der Waals surface area contributed by atoms with E-state index in [1.54, 1.807) is 37.6 Å². The minimum absolute atomic E-state index is 0.227. The average molecular weight is 513 g/mol. The first-order valence-corrected chi connectivity index (χ1v) is 13.8. The maximum atomic E-state index is 13.3. The molecular formula is C26H36N6O3S. The molecule has 0 unspecified atom stereocenters. The number of anilines is 2. The lowest BCUT2D eigenvalue weighted by Gasteiger charge is -2.34. The van der Waals surface area contributed by atoms with Gasteiger partial charge in [-0.2, -0.15) is 4.31 Å². The molecule has 0 saturated heterocycles. The van der Waals surface area contributed by atoms with Crippen LogP contribution < -0.4 is 5.32 Å². The van der Waals surface area contributed by atoms with E-state index in [0.29, 0.717) is 18.2 Å². The molecule has 194 valence electrons. The van der Waals surface area contributed by atoms with Crippen LogP contribution in [0.4, 0.5) is 11.6 Å². The van der Waals surface area contributed by atoms with E-state index in [9.17, 15) is 8.42 Å². The van der Waals surface area contributed by atoms with Gasteiger partial charge in [0.1, 0.15) is 5.82 Å². The summed E-state index contributed by atoms with van der Waals surface area (Å²) < 4.78 is 35.5. The summed E-state index contributed by atoms with van der Waals surface area (Å²) in [5.41, 5.74) is 1.92. The minimum Gasteiger partial charge on any atom is -0.383 e. The summed E-state index contributed by atoms with van der Waals surface area (Å²) >= 11 is 0.